The number of Topliss-reactive ketones (excluding diaryl/α,β-unsaturated/α-hetero) is 1. The van der Waals surface area contributed by atoms with Crippen LogP contribution in [0.1, 0.15) is 348 Å². The molecule has 812 valence electrons. The fourth-order valence-corrected chi connectivity index (χ4v) is 20.1. The van der Waals surface area contributed by atoms with Crippen molar-refractivity contribution >= 4 is 68.6 Å². The van der Waals surface area contributed by atoms with E-state index in [1.54, 1.807) is 39.0 Å². The summed E-state index contributed by atoms with van der Waals surface area (Å²) in [5.74, 6) is -3.89. The molecule has 7 aromatic carbocycles. The molecule has 8 aliphatic rings. The third-order valence-electron chi connectivity index (χ3n) is 30.5. The van der Waals surface area contributed by atoms with Gasteiger partial charge in [0, 0.05) is 18.3 Å². The summed E-state index contributed by atoms with van der Waals surface area (Å²) >= 11 is 0. The summed E-state index contributed by atoms with van der Waals surface area (Å²) < 4.78 is 120. The summed E-state index contributed by atoms with van der Waals surface area (Å²) in [5.41, 5.74) is 1.74. The van der Waals surface area contributed by atoms with E-state index in [-0.39, 0.29) is 74.4 Å². The van der Waals surface area contributed by atoms with Gasteiger partial charge >= 0.3 is 48.0 Å². The van der Waals surface area contributed by atoms with Gasteiger partial charge in [-0.25, -0.2) is 8.42 Å². The minimum absolute atomic E-state index is 0.0231. The number of ether oxygens (including phenoxy) is 9. The highest BCUT2D eigenvalue weighted by Gasteiger charge is 2.71. The molecule has 3 aliphatic heterocycles. The monoisotopic (exact) mass is 2080 g/mol. The maximum absolute atomic E-state index is 13.1. The highest BCUT2D eigenvalue weighted by atomic mass is 32.2. The first-order chi connectivity index (χ1) is 68.6. The number of carbonyl (C=O) groups excluding carboxylic acids is 8. The van der Waals surface area contributed by atoms with Crippen LogP contribution in [0.25, 0.3) is 0 Å². The van der Waals surface area contributed by atoms with E-state index in [0.29, 0.717) is 55.0 Å². The Kier molecular flexibility index (Phi) is 45.3. The van der Waals surface area contributed by atoms with Crippen molar-refractivity contribution in [3.8, 4) is 34.5 Å². The fraction of sp³-hybridized carbons (Fsp3) is 0.580. The lowest BCUT2D eigenvalue weighted by molar-refractivity contribution is -0.220. The lowest BCUT2D eigenvalue weighted by atomic mass is 9.78. The molecule has 2 saturated heterocycles. The lowest BCUT2D eigenvalue weighted by Gasteiger charge is -2.34. The second-order valence-electron chi connectivity index (χ2n) is 44.4. The zero-order valence-corrected chi connectivity index (χ0v) is 93.1. The first-order valence-electron chi connectivity index (χ1n) is 52.5. The van der Waals surface area contributed by atoms with Crippen LogP contribution in [0.5, 0.6) is 34.5 Å². The summed E-state index contributed by atoms with van der Waals surface area (Å²) in [4.78, 5) is 98.9. The molecule has 7 fully saturated rings. The number of esters is 7. The van der Waals surface area contributed by atoms with Crippen LogP contribution in [0.2, 0.25) is 0 Å². The summed E-state index contributed by atoms with van der Waals surface area (Å²) in [7, 11) is -5.44. The van der Waals surface area contributed by atoms with Gasteiger partial charge in [0.1, 0.15) is 57.3 Å². The minimum Gasteiger partial charge on any atom is -0.748 e. The molecule has 0 aromatic heterocycles. The Morgan fingerprint density at radius 1 is 0.531 bits per heavy atom. The molecule has 28 heteroatoms. The summed E-state index contributed by atoms with van der Waals surface area (Å²) in [5, 5.41) is 28.1. The number of halogens is 3. The van der Waals surface area contributed by atoms with Gasteiger partial charge in [-0.3, -0.25) is 38.4 Å². The Morgan fingerprint density at radius 2 is 1.01 bits per heavy atom. The van der Waals surface area contributed by atoms with E-state index >= 15 is 0 Å². The summed E-state index contributed by atoms with van der Waals surface area (Å²) in [6, 6.07) is 57.9. The van der Waals surface area contributed by atoms with Gasteiger partial charge in [0.2, 0.25) is 15.9 Å². The second-order valence-corrected chi connectivity index (χ2v) is 47.8. The molecule has 0 radical (unpaired) electrons. The van der Waals surface area contributed by atoms with Gasteiger partial charge in [-0.15, -0.1) is 0 Å². The maximum atomic E-state index is 13.1. The van der Waals surface area contributed by atoms with Crippen molar-refractivity contribution in [1.82, 2.24) is 0 Å². The molecule has 0 amide bonds. The van der Waals surface area contributed by atoms with Gasteiger partial charge in [0.25, 0.3) is 0 Å². The standard InChI is InChI=1S/C19H28O3.C18H23F3O9S.C18H13OS.C13H20O.C12H22O2.C11H18O3.C11H16O.C10H14O.C7H12O2/c1-5-18(2,3)17(20)21-15-9-11-16(12-10-15)22-19(4)13-7-6-8-14-19;1-4-17(2,3)16(24)30-13-8-5-7-11(15(23)29-12(7)13)10(8)14(22)28-9(18(19,20)21)6-31(25,26)27;1-2-8-14(9-3-1)20-17-12-6-4-10-15(17)19-16-11-5-7-13-18(16)20;1-5-10(2)11-6-8-12(9-7-11)13(3,4)14;1-5-11(2,3)10(13)14-12(4)8-6-7-9-12;1-4-11(2,3)10(13)14-9-7-5-6-8(9)12;1-4-11(2,3)9-6-5-7-10(12)8-9;1-3-8(2)9-4-6-10(11)7-5-9;1-3-7(2)4-5-9-6(7)8/h9-12H,5-8,13-14H2,1-4H3;7-13H,4-6H2,1-3H3,(H,25,26,27);1-13H;6-10,14H,5H2,1-4H3;5-9H2,1-4H3;9H,4-7H2,1-3H3;5-8,12H,4H2,1-3H3;4-8,11H,3H2,1-2H3;3-5H2,1-2H3/q;;+1;;;;;;/p-1. The summed E-state index contributed by atoms with van der Waals surface area (Å²) in [6.07, 6.45) is 9.87. The number of para-hydroxylation sites is 2. The third kappa shape index (κ3) is 35.7. The largest absolute Gasteiger partial charge is 0.748 e. The van der Waals surface area contributed by atoms with E-state index in [4.69, 9.17) is 43.0 Å². The molecular formula is C119H165F3O23S2. The van der Waals surface area contributed by atoms with E-state index in [1.165, 1.54) is 63.5 Å². The number of benzene rings is 7. The molecule has 7 aromatic rings. The number of hydrogen-bond acceptors (Lipinski definition) is 23. The van der Waals surface area contributed by atoms with E-state index in [2.05, 4.69) is 140 Å². The number of phenols is 2. The van der Waals surface area contributed by atoms with Crippen molar-refractivity contribution in [2.45, 2.75) is 394 Å². The minimum atomic E-state index is -5.36. The molecule has 11 atom stereocenters. The quantitative estimate of drug-likeness (QED) is 0.0141. The normalized spacial score (nSPS) is 21.0. The average Bonchev–Trinajstić information content (AvgIpc) is 1.54. The van der Waals surface area contributed by atoms with E-state index < -0.39 is 110 Å². The SMILES string of the molecule is CCC(C)(C)C(=O)OC1(C)CCCC1.CCC(C)(C)C(=O)OC1C2CC3C1OC(=O)C3C2C(=O)OC(CS(=O)(=O)[O-])C(F)(F)F.CCC(C)(C)C(=O)OC1CCCC1=O.CCC(C)(C)C(=O)Oc1ccc(OC2(C)CCCCC2)cc1.CCC(C)(C)c1cccc(O)c1.CCC(C)c1ccc(C(C)(C)O)cc1.CCC(C)c1ccc(O)cc1.CCC1(C)CCOC1=O.c1ccc([S+]2c3ccccc3Oc3ccccc32)cc1. The molecule has 0 spiro atoms. The first kappa shape index (κ1) is 124. The lowest BCUT2D eigenvalue weighted by Crippen LogP contribution is -2.47. The van der Waals surface area contributed by atoms with E-state index in [0.717, 1.165) is 106 Å². The Morgan fingerprint density at radius 3 is 1.47 bits per heavy atom. The molecule has 3 N–H and O–H groups in total. The molecular weight excluding hydrogens is 1920 g/mol. The Labute approximate surface area is 875 Å². The maximum Gasteiger partial charge on any atom is 0.426 e. The van der Waals surface area contributed by atoms with Gasteiger partial charge in [0.15, 0.2) is 28.3 Å². The first-order valence-corrected chi connectivity index (χ1v) is 55.3. The van der Waals surface area contributed by atoms with Gasteiger partial charge in [-0.05, 0) is 343 Å². The van der Waals surface area contributed by atoms with Crippen LogP contribution in [-0.2, 0) is 98.8 Å². The topological polar surface area (TPSA) is 338 Å². The van der Waals surface area contributed by atoms with Gasteiger partial charge in [-0.2, -0.15) is 13.2 Å². The molecule has 3 heterocycles. The molecule has 2 bridgehead atoms. The van der Waals surface area contributed by atoms with Crippen LogP contribution in [0.4, 0.5) is 13.2 Å². The highest BCUT2D eigenvalue weighted by molar-refractivity contribution is 7.97. The van der Waals surface area contributed by atoms with Gasteiger partial charge in [-0.1, -0.05) is 181 Å². The van der Waals surface area contributed by atoms with E-state index in [9.17, 15) is 74.7 Å². The highest BCUT2D eigenvalue weighted by Crippen LogP contribution is 2.60. The van der Waals surface area contributed by atoms with Crippen LogP contribution in [0.3, 0.4) is 0 Å². The van der Waals surface area contributed by atoms with Crippen molar-refractivity contribution in [3.63, 3.8) is 0 Å². The van der Waals surface area contributed by atoms with Crippen molar-refractivity contribution in [3.05, 3.63) is 198 Å². The van der Waals surface area contributed by atoms with Crippen molar-refractivity contribution in [1.29, 1.82) is 0 Å². The van der Waals surface area contributed by atoms with Crippen LogP contribution < -0.4 is 14.2 Å². The second kappa shape index (κ2) is 53.9. The molecule has 15 rings (SSSR count). The molecule has 11 unspecified atom stereocenters. The predicted octanol–water partition coefficient (Wildman–Crippen LogP) is 27.3. The van der Waals surface area contributed by atoms with Crippen LogP contribution in [-0.4, -0.2) is 130 Å². The Balaban J connectivity index is 0.000000230. The van der Waals surface area contributed by atoms with Crippen molar-refractivity contribution in [2.24, 2.45) is 50.7 Å². The van der Waals surface area contributed by atoms with E-state index in [1.807, 2.05) is 175 Å². The van der Waals surface area contributed by atoms with Gasteiger partial charge in [0.05, 0.1) is 67.0 Å². The molecule has 147 heavy (non-hydrogen) atoms. The Bertz CT molecular complexity index is 5480. The molecule has 5 saturated carbocycles. The predicted molar refractivity (Wildman–Crippen MR) is 565 cm³/mol. The number of alkyl halides is 3. The fourth-order valence-electron chi connectivity index (χ4n) is 17.3. The summed E-state index contributed by atoms with van der Waals surface area (Å²) in [6.45, 7) is 50.1. The number of cyclic esters (lactones) is 1. The number of rotatable bonds is 27. The number of fused-ring (bicyclic) bond motifs is 3. The third-order valence-corrected chi connectivity index (χ3v) is 33.5. The zero-order valence-electron chi connectivity index (χ0n) is 91.4. The number of aliphatic hydroxyl groups is 1. The van der Waals surface area contributed by atoms with Crippen LogP contribution >= 0.6 is 0 Å². The van der Waals surface area contributed by atoms with Crippen LogP contribution in [0, 0.1) is 50.7 Å². The molecule has 23 nitrogen and oxygen atoms in total. The Hall–Kier alpha value is -10.3. The number of phenolic OH excluding ortho intramolecular Hbond substituents is 2. The smallest absolute Gasteiger partial charge is 0.426 e. The number of hydrogen-bond donors (Lipinski definition) is 3. The molecule has 5 aliphatic carbocycles. The van der Waals surface area contributed by atoms with Gasteiger partial charge < -0.3 is 62.5 Å². The number of aromatic hydroxyl groups is 2. The van der Waals surface area contributed by atoms with Crippen LogP contribution in [0.15, 0.2) is 191 Å². The average molecular weight is 2080 g/mol. The zero-order chi connectivity index (χ0) is 110. The number of ketones is 1. The van der Waals surface area contributed by atoms with Crippen molar-refractivity contribution in [2.75, 3.05) is 12.4 Å². The van der Waals surface area contributed by atoms with Crippen molar-refractivity contribution < 1.29 is 122 Å². The number of carbonyl (C=O) groups is 8.